The molecule has 2 fully saturated rings. The van der Waals surface area contributed by atoms with E-state index in [4.69, 9.17) is 24.2 Å². The summed E-state index contributed by atoms with van der Waals surface area (Å²) in [6.45, 7) is 10.4. The van der Waals surface area contributed by atoms with Crippen LogP contribution in [0.1, 0.15) is 95.6 Å². The lowest BCUT2D eigenvalue weighted by Crippen LogP contribution is -2.69. The van der Waals surface area contributed by atoms with Crippen LogP contribution in [0.2, 0.25) is 0 Å². The molecule has 2 aromatic rings. The molecule has 0 saturated heterocycles. The van der Waals surface area contributed by atoms with Crippen molar-refractivity contribution >= 4 is 11.6 Å². The predicted octanol–water partition coefficient (Wildman–Crippen LogP) is 7.71. The number of benzene rings is 2. The number of likely N-dealkylation sites (N-methyl/N-ethyl adjacent to an activating group) is 1. The van der Waals surface area contributed by atoms with E-state index in [0.29, 0.717) is 36.3 Å². The minimum absolute atomic E-state index is 0.0195. The Morgan fingerprint density at radius 1 is 1.09 bits per heavy atom. The average Bonchev–Trinajstić information content (AvgIpc) is 3.99. The third-order valence-electron chi connectivity index (χ3n) is 11.2. The van der Waals surface area contributed by atoms with Crippen LogP contribution in [0.25, 0.3) is 0 Å². The van der Waals surface area contributed by atoms with Crippen LogP contribution in [0.4, 0.5) is 4.39 Å². The number of allylic oxidation sites excluding steroid dienone is 1. The van der Waals surface area contributed by atoms with E-state index in [1.807, 2.05) is 50.9 Å². The number of carbonyl (C=O) groups excluding carboxylic acids is 1. The van der Waals surface area contributed by atoms with Crippen LogP contribution in [0.3, 0.4) is 0 Å². The summed E-state index contributed by atoms with van der Waals surface area (Å²) in [6, 6.07) is 11.9. The minimum Gasteiger partial charge on any atom is -0.489 e. The van der Waals surface area contributed by atoms with Gasteiger partial charge in [-0.25, -0.2) is 4.39 Å². The number of halogens is 1. The van der Waals surface area contributed by atoms with E-state index in [-0.39, 0.29) is 67.7 Å². The molecule has 10 heteroatoms. The first kappa shape index (κ1) is 39.0. The number of oxime groups is 1. The lowest BCUT2D eigenvalue weighted by molar-refractivity contribution is -0.256. The van der Waals surface area contributed by atoms with Crippen molar-refractivity contribution in [1.29, 1.82) is 0 Å². The normalized spacial score (nSPS) is 26.9. The molecule has 2 aromatic carbocycles. The number of hydrogen-bond donors (Lipinski definition) is 2. The number of hydrogen-bond acceptors (Lipinski definition) is 8. The van der Waals surface area contributed by atoms with E-state index in [2.05, 4.69) is 12.7 Å². The molecule has 6 atom stereocenters. The van der Waals surface area contributed by atoms with Gasteiger partial charge in [-0.1, -0.05) is 48.3 Å². The van der Waals surface area contributed by atoms with E-state index in [0.717, 1.165) is 55.4 Å². The minimum atomic E-state index is -1.28. The predicted molar refractivity (Wildman–Crippen MR) is 202 cm³/mol. The summed E-state index contributed by atoms with van der Waals surface area (Å²) in [6.07, 6.45) is 10.9. The Bertz CT molecular complexity index is 1670. The summed E-state index contributed by atoms with van der Waals surface area (Å²) in [5, 5.41) is 24.5. The van der Waals surface area contributed by atoms with Gasteiger partial charge in [0.15, 0.2) is 0 Å². The van der Waals surface area contributed by atoms with Crippen molar-refractivity contribution in [2.45, 2.75) is 109 Å². The van der Waals surface area contributed by atoms with Crippen LogP contribution in [0.5, 0.6) is 11.5 Å². The van der Waals surface area contributed by atoms with Crippen LogP contribution in [-0.2, 0) is 21.0 Å². The molecule has 1 aliphatic heterocycles. The third-order valence-corrected chi connectivity index (χ3v) is 11.2. The van der Waals surface area contributed by atoms with Crippen LogP contribution < -0.4 is 9.47 Å². The van der Waals surface area contributed by atoms with Gasteiger partial charge in [0.25, 0.3) is 0 Å². The van der Waals surface area contributed by atoms with Gasteiger partial charge in [-0.15, -0.1) is 6.58 Å². The number of aliphatic hydroxyl groups is 2. The molecule has 53 heavy (non-hydrogen) atoms. The molecule has 9 nitrogen and oxygen atoms in total. The Kier molecular flexibility index (Phi) is 12.3. The van der Waals surface area contributed by atoms with Crippen molar-refractivity contribution in [3.05, 3.63) is 83.7 Å². The largest absolute Gasteiger partial charge is 0.489 e. The molecule has 6 rings (SSSR count). The number of unbranched alkanes of at least 4 members (excludes halogenated alkanes) is 2. The lowest BCUT2D eigenvalue weighted by atomic mass is 9.55. The Hall–Kier alpha value is -3.73. The molecule has 288 valence electrons. The van der Waals surface area contributed by atoms with Gasteiger partial charge in [0.2, 0.25) is 11.7 Å². The second-order valence-corrected chi connectivity index (χ2v) is 16.1. The van der Waals surface area contributed by atoms with Crippen LogP contribution in [0, 0.1) is 29.5 Å². The first-order valence-corrected chi connectivity index (χ1v) is 19.4. The molecule has 0 bridgehead atoms. The summed E-state index contributed by atoms with van der Waals surface area (Å²) in [5.41, 5.74) is 2.63. The summed E-state index contributed by atoms with van der Waals surface area (Å²) >= 11 is 0. The van der Waals surface area contributed by atoms with Gasteiger partial charge < -0.3 is 34.2 Å². The van der Waals surface area contributed by atoms with Crippen molar-refractivity contribution in [1.82, 2.24) is 4.90 Å². The first-order chi connectivity index (χ1) is 25.5. The van der Waals surface area contributed by atoms with Gasteiger partial charge in [-0.2, -0.15) is 0 Å². The highest BCUT2D eigenvalue weighted by molar-refractivity contribution is 6.03. The number of fused-ring (bicyclic) bond motifs is 2. The summed E-state index contributed by atoms with van der Waals surface area (Å²) in [5.74, 6) is -0.645. The molecule has 0 radical (unpaired) electrons. The van der Waals surface area contributed by atoms with E-state index >= 15 is 0 Å². The highest BCUT2D eigenvalue weighted by atomic mass is 19.1. The fraction of sp³-hybridized carbons (Fsp3) is 0.581. The maximum Gasteiger partial charge on any atom is 0.239 e. The Morgan fingerprint density at radius 3 is 2.51 bits per heavy atom. The highest BCUT2D eigenvalue weighted by Crippen LogP contribution is 2.62. The van der Waals surface area contributed by atoms with Crippen molar-refractivity contribution < 1.29 is 38.4 Å². The maximum atomic E-state index is 14.6. The lowest BCUT2D eigenvalue weighted by Gasteiger charge is -2.59. The second kappa shape index (κ2) is 16.7. The van der Waals surface area contributed by atoms with Crippen LogP contribution in [0.15, 0.2) is 71.9 Å². The number of ether oxygens (including phenoxy) is 3. The van der Waals surface area contributed by atoms with E-state index in [9.17, 15) is 19.4 Å². The zero-order chi connectivity index (χ0) is 37.8. The SMILES string of the molecule is C=CCOC12Oc3ccc(OCc4ccccc4F)cc3C3C(CCCCO)C(CCCCO)C=C(C(=NOC(C)(C)C)CC1N(C)C(=O)C1CC1)C32. The Labute approximate surface area is 313 Å². The maximum absolute atomic E-state index is 14.6. The summed E-state index contributed by atoms with van der Waals surface area (Å²) in [4.78, 5) is 21.9. The van der Waals surface area contributed by atoms with E-state index in [1.54, 1.807) is 24.3 Å². The van der Waals surface area contributed by atoms with Gasteiger partial charge in [-0.3, -0.25) is 4.79 Å². The highest BCUT2D eigenvalue weighted by Gasteiger charge is 2.65. The molecule has 0 aromatic heterocycles. The van der Waals surface area contributed by atoms with Crippen molar-refractivity contribution in [2.75, 3.05) is 26.9 Å². The second-order valence-electron chi connectivity index (χ2n) is 16.1. The van der Waals surface area contributed by atoms with Gasteiger partial charge in [0.1, 0.15) is 35.6 Å². The van der Waals surface area contributed by atoms with Crippen molar-refractivity contribution in [3.63, 3.8) is 0 Å². The molecule has 0 spiro atoms. The van der Waals surface area contributed by atoms with E-state index in [1.165, 1.54) is 6.07 Å². The van der Waals surface area contributed by atoms with Gasteiger partial charge in [0.05, 0.1) is 18.2 Å². The van der Waals surface area contributed by atoms with Crippen LogP contribution >= 0.6 is 0 Å². The molecular formula is C43H57FN2O7. The summed E-state index contributed by atoms with van der Waals surface area (Å²) < 4.78 is 35.0. The van der Waals surface area contributed by atoms with E-state index < -0.39 is 17.4 Å². The molecule has 1 heterocycles. The molecule has 3 aliphatic carbocycles. The van der Waals surface area contributed by atoms with Gasteiger partial charge in [-0.05, 0) is 101 Å². The third kappa shape index (κ3) is 8.50. The average molecular weight is 733 g/mol. The fourth-order valence-electron chi connectivity index (χ4n) is 8.56. The zero-order valence-electron chi connectivity index (χ0n) is 31.8. The number of nitrogens with zero attached hydrogens (tertiary/aromatic N) is 2. The molecule has 4 aliphatic rings. The molecule has 2 saturated carbocycles. The monoisotopic (exact) mass is 732 g/mol. The van der Waals surface area contributed by atoms with Gasteiger partial charge >= 0.3 is 0 Å². The van der Waals surface area contributed by atoms with Crippen molar-refractivity contribution in [3.8, 4) is 11.5 Å². The fourth-order valence-corrected chi connectivity index (χ4v) is 8.56. The quantitative estimate of drug-likeness (QED) is 0.0975. The van der Waals surface area contributed by atoms with Crippen molar-refractivity contribution in [2.24, 2.45) is 28.8 Å². The Balaban J connectivity index is 1.54. The molecule has 1 amide bonds. The topological polar surface area (TPSA) is 110 Å². The Morgan fingerprint density at radius 2 is 1.83 bits per heavy atom. The molecular weight excluding hydrogens is 675 g/mol. The number of aliphatic hydroxyl groups excluding tert-OH is 2. The van der Waals surface area contributed by atoms with Crippen LogP contribution in [-0.4, -0.2) is 71.0 Å². The number of carbonyl (C=O) groups is 1. The zero-order valence-corrected chi connectivity index (χ0v) is 31.8. The smallest absolute Gasteiger partial charge is 0.239 e. The van der Waals surface area contributed by atoms with Gasteiger partial charge in [0, 0.05) is 49.6 Å². The molecule has 6 unspecified atom stereocenters. The standard InChI is InChI=1S/C43H57FN2O7/c1-6-23-51-43-38(46(5)41(49)28-17-18-28)26-36(45-53-42(2,3)4)33-24-29(13-9-11-21-47)32(15-10-12-22-48)39(40(33)43)34-25-31(19-20-37(34)52-43)50-27-30-14-7-8-16-35(30)44/h6-8,14,16,19-20,24-25,28-29,32,38-40,47-48H,1,9-13,15,17-18,21-23,26-27H2,2-5H3. The first-order valence-electron chi connectivity index (χ1n) is 19.4. The molecule has 2 N–H and O–H groups in total. The summed E-state index contributed by atoms with van der Waals surface area (Å²) in [7, 11) is 1.86. The number of rotatable bonds is 17. The number of amides is 1.